The van der Waals surface area contributed by atoms with Crippen LogP contribution in [-0.4, -0.2) is 78.6 Å². The molecular formula is C19H21F3N4O5S. The van der Waals surface area contributed by atoms with Gasteiger partial charge >= 0.3 is 6.03 Å². The molecule has 2 aliphatic heterocycles. The van der Waals surface area contributed by atoms with Crippen LogP contribution < -0.4 is 5.32 Å². The van der Waals surface area contributed by atoms with Crippen molar-refractivity contribution in [1.82, 2.24) is 19.4 Å². The van der Waals surface area contributed by atoms with Crippen molar-refractivity contribution in [2.24, 2.45) is 5.92 Å². The van der Waals surface area contributed by atoms with Gasteiger partial charge in [-0.25, -0.2) is 26.4 Å². The smallest absolute Gasteiger partial charge is 0.325 e. The number of imide groups is 1. The molecule has 1 N–H and O–H groups in total. The Balaban J connectivity index is 1.39. The first kappa shape index (κ1) is 22.5. The fraction of sp³-hybridized carbons (Fsp3) is 0.526. The molecule has 9 nitrogen and oxygen atoms in total. The van der Waals surface area contributed by atoms with E-state index in [1.165, 1.54) is 4.90 Å². The van der Waals surface area contributed by atoms with Gasteiger partial charge in [-0.15, -0.1) is 0 Å². The third-order valence-corrected chi connectivity index (χ3v) is 8.11. The summed E-state index contributed by atoms with van der Waals surface area (Å²) in [4.78, 5) is 38.7. The van der Waals surface area contributed by atoms with Crippen LogP contribution >= 0.6 is 0 Å². The Kier molecular flexibility index (Phi) is 5.44. The predicted molar refractivity (Wildman–Crippen MR) is 103 cm³/mol. The molecule has 1 atom stereocenters. The highest BCUT2D eigenvalue weighted by atomic mass is 32.2. The SMILES string of the molecule is CC1(C2CC2)NC(=O)N(CC(=O)N2CCN(S(=O)(=O)c3ccc(F)c(F)c3F)CC2)C1=O. The van der Waals surface area contributed by atoms with Crippen molar-refractivity contribution >= 4 is 27.9 Å². The molecule has 32 heavy (non-hydrogen) atoms. The lowest BCUT2D eigenvalue weighted by molar-refractivity contribution is -0.139. The van der Waals surface area contributed by atoms with Crippen molar-refractivity contribution in [3.63, 3.8) is 0 Å². The van der Waals surface area contributed by atoms with Crippen molar-refractivity contribution in [3.8, 4) is 0 Å². The highest BCUT2D eigenvalue weighted by Crippen LogP contribution is 2.42. The number of hydrogen-bond donors (Lipinski definition) is 1. The van der Waals surface area contributed by atoms with Gasteiger partial charge in [-0.1, -0.05) is 0 Å². The van der Waals surface area contributed by atoms with E-state index in [9.17, 15) is 36.0 Å². The summed E-state index contributed by atoms with van der Waals surface area (Å²) in [5.74, 6) is -6.15. The molecule has 2 saturated heterocycles. The molecule has 0 bridgehead atoms. The molecular weight excluding hydrogens is 453 g/mol. The fourth-order valence-electron chi connectivity index (χ4n) is 4.06. The van der Waals surface area contributed by atoms with Crippen molar-refractivity contribution in [3.05, 3.63) is 29.6 Å². The average molecular weight is 474 g/mol. The highest BCUT2D eigenvalue weighted by molar-refractivity contribution is 7.89. The molecule has 1 unspecified atom stereocenters. The number of carbonyl (C=O) groups excluding carboxylic acids is 3. The maximum atomic E-state index is 14.0. The molecule has 4 amide bonds. The third kappa shape index (κ3) is 3.62. The average Bonchev–Trinajstić information content (AvgIpc) is 3.58. The lowest BCUT2D eigenvalue weighted by Crippen LogP contribution is -2.53. The Morgan fingerprint density at radius 2 is 1.72 bits per heavy atom. The van der Waals surface area contributed by atoms with Crippen LogP contribution in [0.4, 0.5) is 18.0 Å². The number of nitrogens with one attached hydrogen (secondary N) is 1. The van der Waals surface area contributed by atoms with Crippen LogP contribution in [0, 0.1) is 23.4 Å². The van der Waals surface area contributed by atoms with E-state index in [-0.39, 0.29) is 32.1 Å². The number of carbonyl (C=O) groups is 3. The molecule has 3 aliphatic rings. The van der Waals surface area contributed by atoms with E-state index in [2.05, 4.69) is 5.32 Å². The number of sulfonamides is 1. The molecule has 4 rings (SSSR count). The van der Waals surface area contributed by atoms with Crippen LogP contribution in [0.3, 0.4) is 0 Å². The number of benzene rings is 1. The van der Waals surface area contributed by atoms with E-state index >= 15 is 0 Å². The second-order valence-electron chi connectivity index (χ2n) is 8.26. The first-order chi connectivity index (χ1) is 15.0. The normalized spacial score (nSPS) is 24.8. The maximum Gasteiger partial charge on any atom is 0.325 e. The Bertz CT molecular complexity index is 1100. The van der Waals surface area contributed by atoms with E-state index in [0.29, 0.717) is 12.1 Å². The summed E-state index contributed by atoms with van der Waals surface area (Å²) in [7, 11) is -4.45. The quantitative estimate of drug-likeness (QED) is 0.499. The van der Waals surface area contributed by atoms with Gasteiger partial charge in [0.05, 0.1) is 0 Å². The Morgan fingerprint density at radius 1 is 1.09 bits per heavy atom. The van der Waals surface area contributed by atoms with Gasteiger partial charge in [0.1, 0.15) is 17.0 Å². The summed E-state index contributed by atoms with van der Waals surface area (Å²) >= 11 is 0. The van der Waals surface area contributed by atoms with Gasteiger partial charge < -0.3 is 10.2 Å². The minimum Gasteiger partial charge on any atom is -0.338 e. The molecule has 174 valence electrons. The molecule has 0 aromatic heterocycles. The zero-order valence-electron chi connectivity index (χ0n) is 17.1. The van der Waals surface area contributed by atoms with Crippen LogP contribution in [0.25, 0.3) is 0 Å². The zero-order chi connectivity index (χ0) is 23.4. The zero-order valence-corrected chi connectivity index (χ0v) is 17.9. The molecule has 3 fully saturated rings. The molecule has 1 aromatic carbocycles. The van der Waals surface area contributed by atoms with Crippen LogP contribution in [0.5, 0.6) is 0 Å². The van der Waals surface area contributed by atoms with Gasteiger partial charge in [-0.2, -0.15) is 4.31 Å². The molecule has 2 heterocycles. The summed E-state index contributed by atoms with van der Waals surface area (Å²) in [6, 6.07) is 0.529. The second-order valence-corrected chi connectivity index (χ2v) is 10.2. The first-order valence-electron chi connectivity index (χ1n) is 10.0. The largest absolute Gasteiger partial charge is 0.338 e. The molecule has 13 heteroatoms. The lowest BCUT2D eigenvalue weighted by atomic mass is 9.96. The van der Waals surface area contributed by atoms with Gasteiger partial charge in [0.25, 0.3) is 5.91 Å². The summed E-state index contributed by atoms with van der Waals surface area (Å²) in [5, 5.41) is 2.65. The monoisotopic (exact) mass is 474 g/mol. The predicted octanol–water partition coefficient (Wildman–Crippen LogP) is 0.657. The Labute approximate surface area is 182 Å². The Hall–Kier alpha value is -2.67. The standard InChI is InChI=1S/C19H21F3N4O5S/c1-19(11-2-3-11)17(28)26(18(29)23-19)10-14(27)24-6-8-25(9-7-24)32(30,31)13-5-4-12(20)15(21)16(13)22/h4-5,11H,2-3,6-10H2,1H3,(H,23,29). The maximum absolute atomic E-state index is 14.0. The number of halogens is 3. The molecule has 0 radical (unpaired) electrons. The van der Waals surface area contributed by atoms with E-state index in [1.807, 2.05) is 0 Å². The topological polar surface area (TPSA) is 107 Å². The van der Waals surface area contributed by atoms with Gasteiger partial charge in [0, 0.05) is 26.2 Å². The number of nitrogens with zero attached hydrogens (tertiary/aromatic N) is 3. The summed E-state index contributed by atoms with van der Waals surface area (Å²) in [5.41, 5.74) is -1.02. The van der Waals surface area contributed by atoms with E-state index in [1.54, 1.807) is 6.92 Å². The minimum atomic E-state index is -4.45. The molecule has 1 aliphatic carbocycles. The molecule has 1 saturated carbocycles. The van der Waals surface area contributed by atoms with Gasteiger partial charge in [0.2, 0.25) is 15.9 Å². The molecule has 1 aromatic rings. The van der Waals surface area contributed by atoms with E-state index in [0.717, 1.165) is 22.0 Å². The summed E-state index contributed by atoms with van der Waals surface area (Å²) < 4.78 is 66.7. The number of amides is 4. The van der Waals surface area contributed by atoms with Gasteiger partial charge in [-0.05, 0) is 37.8 Å². The summed E-state index contributed by atoms with van der Waals surface area (Å²) in [6.45, 7) is 0.576. The van der Waals surface area contributed by atoms with Crippen molar-refractivity contribution < 1.29 is 36.0 Å². The van der Waals surface area contributed by atoms with E-state index < -0.39 is 62.3 Å². The van der Waals surface area contributed by atoms with Gasteiger partial charge in [0.15, 0.2) is 17.5 Å². The van der Waals surface area contributed by atoms with Crippen molar-refractivity contribution in [2.45, 2.75) is 30.2 Å². The van der Waals surface area contributed by atoms with Crippen molar-refractivity contribution in [1.29, 1.82) is 0 Å². The van der Waals surface area contributed by atoms with Gasteiger partial charge in [-0.3, -0.25) is 14.5 Å². The Morgan fingerprint density at radius 3 is 2.31 bits per heavy atom. The van der Waals surface area contributed by atoms with Crippen molar-refractivity contribution in [2.75, 3.05) is 32.7 Å². The first-order valence-corrected chi connectivity index (χ1v) is 11.5. The lowest BCUT2D eigenvalue weighted by Gasteiger charge is -2.34. The third-order valence-electron chi connectivity index (χ3n) is 6.20. The van der Waals surface area contributed by atoms with E-state index in [4.69, 9.17) is 0 Å². The second kappa shape index (κ2) is 7.73. The fourth-order valence-corrected chi connectivity index (χ4v) is 5.53. The van der Waals surface area contributed by atoms with Crippen LogP contribution in [0.1, 0.15) is 19.8 Å². The summed E-state index contributed by atoms with van der Waals surface area (Å²) in [6.07, 6.45) is 1.64. The highest BCUT2D eigenvalue weighted by Gasteiger charge is 2.56. The number of hydrogen-bond acceptors (Lipinski definition) is 5. The number of piperazine rings is 1. The minimum absolute atomic E-state index is 0.0458. The van der Waals surface area contributed by atoms with Crippen LogP contribution in [0.2, 0.25) is 0 Å². The number of urea groups is 1. The van der Waals surface area contributed by atoms with Crippen LogP contribution in [0.15, 0.2) is 17.0 Å². The molecule has 0 spiro atoms. The number of rotatable bonds is 5. The van der Waals surface area contributed by atoms with Crippen LogP contribution in [-0.2, 0) is 19.6 Å².